The summed E-state index contributed by atoms with van der Waals surface area (Å²) in [6.45, 7) is 1.26. The van der Waals surface area contributed by atoms with Crippen molar-refractivity contribution >= 4 is 27.9 Å². The zero-order chi connectivity index (χ0) is 23.5. The summed E-state index contributed by atoms with van der Waals surface area (Å²) < 4.78 is 15.2. The first-order chi connectivity index (χ1) is 16.6. The number of hydrogen-bond acceptors (Lipinski definition) is 5. The fourth-order valence-electron chi connectivity index (χ4n) is 4.44. The Morgan fingerprint density at radius 3 is 2.88 bits per heavy atom. The second-order valence-electron chi connectivity index (χ2n) is 8.23. The maximum Gasteiger partial charge on any atom is 0.272 e. The van der Waals surface area contributed by atoms with E-state index in [4.69, 9.17) is 0 Å². The SMILES string of the molecule is N#Cc1cc(C(=O)Nc2cc([C@H]3CCCN3c3ccccc3)cs2)n(Cc2ccnc(F)c2)c1. The molecule has 0 aliphatic carbocycles. The molecular formula is C26H22FN5OS. The van der Waals surface area contributed by atoms with Gasteiger partial charge in [0.2, 0.25) is 5.95 Å². The van der Waals surface area contributed by atoms with Crippen LogP contribution in [0.3, 0.4) is 0 Å². The Balaban J connectivity index is 1.34. The number of nitrogens with zero attached hydrogens (tertiary/aromatic N) is 4. The number of halogens is 1. The van der Waals surface area contributed by atoms with Crippen LogP contribution in [0.4, 0.5) is 15.1 Å². The highest BCUT2D eigenvalue weighted by Gasteiger charge is 2.27. The Morgan fingerprint density at radius 1 is 1.24 bits per heavy atom. The quantitative estimate of drug-likeness (QED) is 0.372. The minimum Gasteiger partial charge on any atom is -0.364 e. The minimum absolute atomic E-state index is 0.258. The van der Waals surface area contributed by atoms with Crippen LogP contribution in [0.2, 0.25) is 0 Å². The molecule has 1 N–H and O–H groups in total. The van der Waals surface area contributed by atoms with Gasteiger partial charge in [-0.05, 0) is 65.7 Å². The van der Waals surface area contributed by atoms with Crippen molar-refractivity contribution in [2.24, 2.45) is 0 Å². The average molecular weight is 472 g/mol. The molecule has 0 radical (unpaired) electrons. The summed E-state index contributed by atoms with van der Waals surface area (Å²) in [6.07, 6.45) is 5.17. The topological polar surface area (TPSA) is 74.0 Å². The number of hydrogen-bond donors (Lipinski definition) is 1. The van der Waals surface area contributed by atoms with Gasteiger partial charge in [-0.3, -0.25) is 4.79 Å². The van der Waals surface area contributed by atoms with Crippen molar-refractivity contribution < 1.29 is 9.18 Å². The third-order valence-corrected chi connectivity index (χ3v) is 6.85. The monoisotopic (exact) mass is 471 g/mol. The normalized spacial score (nSPS) is 15.3. The van der Waals surface area contributed by atoms with Crippen LogP contribution >= 0.6 is 11.3 Å². The Labute approximate surface area is 200 Å². The lowest BCUT2D eigenvalue weighted by molar-refractivity contribution is 0.101. The lowest BCUT2D eigenvalue weighted by Gasteiger charge is -2.26. The highest BCUT2D eigenvalue weighted by molar-refractivity contribution is 7.14. The van der Waals surface area contributed by atoms with E-state index in [9.17, 15) is 14.4 Å². The predicted octanol–water partition coefficient (Wildman–Crippen LogP) is 5.60. The molecule has 1 atom stereocenters. The summed E-state index contributed by atoms with van der Waals surface area (Å²) in [5.41, 5.74) is 3.76. The van der Waals surface area contributed by atoms with Gasteiger partial charge in [0, 0.05) is 31.2 Å². The maximum atomic E-state index is 13.5. The molecule has 1 fully saturated rings. The summed E-state index contributed by atoms with van der Waals surface area (Å²) >= 11 is 1.49. The zero-order valence-electron chi connectivity index (χ0n) is 18.3. The van der Waals surface area contributed by atoms with Crippen LogP contribution < -0.4 is 10.2 Å². The number of thiophene rings is 1. The number of rotatable bonds is 6. The molecule has 0 spiro atoms. The van der Waals surface area contributed by atoms with Crippen molar-refractivity contribution in [3.05, 3.63) is 101 Å². The van der Waals surface area contributed by atoms with Crippen molar-refractivity contribution in [1.82, 2.24) is 9.55 Å². The number of para-hydroxylation sites is 1. The number of nitrogens with one attached hydrogen (secondary N) is 1. The van der Waals surface area contributed by atoms with E-state index in [1.165, 1.54) is 34.9 Å². The van der Waals surface area contributed by atoms with Crippen LogP contribution in [0.15, 0.2) is 72.4 Å². The zero-order valence-corrected chi connectivity index (χ0v) is 19.1. The van der Waals surface area contributed by atoms with Crippen LogP contribution in [0.1, 0.15) is 46.1 Å². The molecule has 8 heteroatoms. The molecule has 34 heavy (non-hydrogen) atoms. The Kier molecular flexibility index (Phi) is 6.11. The minimum atomic E-state index is -0.585. The van der Waals surface area contributed by atoms with Gasteiger partial charge >= 0.3 is 0 Å². The number of carbonyl (C=O) groups is 1. The van der Waals surface area contributed by atoms with Crippen molar-refractivity contribution in [2.75, 3.05) is 16.8 Å². The summed E-state index contributed by atoms with van der Waals surface area (Å²) in [7, 11) is 0. The molecule has 6 nitrogen and oxygen atoms in total. The number of aromatic nitrogens is 2. The van der Waals surface area contributed by atoms with Crippen molar-refractivity contribution in [3.8, 4) is 6.07 Å². The first-order valence-electron chi connectivity index (χ1n) is 11.0. The van der Waals surface area contributed by atoms with Crippen molar-refractivity contribution in [2.45, 2.75) is 25.4 Å². The molecule has 1 amide bonds. The molecule has 1 saturated heterocycles. The van der Waals surface area contributed by atoms with Crippen LogP contribution in [-0.4, -0.2) is 22.0 Å². The van der Waals surface area contributed by atoms with E-state index in [-0.39, 0.29) is 18.5 Å². The van der Waals surface area contributed by atoms with E-state index < -0.39 is 5.95 Å². The van der Waals surface area contributed by atoms with Crippen LogP contribution in [0, 0.1) is 17.3 Å². The molecule has 0 saturated carbocycles. The molecule has 170 valence electrons. The Hall–Kier alpha value is -3.96. The largest absolute Gasteiger partial charge is 0.364 e. The summed E-state index contributed by atoms with van der Waals surface area (Å²) in [5.74, 6) is -0.894. The molecule has 5 rings (SSSR count). The Bertz CT molecular complexity index is 1360. The van der Waals surface area contributed by atoms with Gasteiger partial charge in [0.05, 0.1) is 16.6 Å². The predicted molar refractivity (Wildman–Crippen MR) is 130 cm³/mol. The summed E-state index contributed by atoms with van der Waals surface area (Å²) in [6, 6.07) is 19.3. The molecule has 1 aliphatic heterocycles. The number of nitriles is 1. The summed E-state index contributed by atoms with van der Waals surface area (Å²) in [5, 5.41) is 15.2. The van der Waals surface area contributed by atoms with E-state index in [2.05, 4.69) is 50.9 Å². The van der Waals surface area contributed by atoms with Crippen LogP contribution in [0.5, 0.6) is 0 Å². The second-order valence-corrected chi connectivity index (χ2v) is 9.14. The first-order valence-corrected chi connectivity index (χ1v) is 11.9. The number of carbonyl (C=O) groups excluding carboxylic acids is 1. The fourth-order valence-corrected chi connectivity index (χ4v) is 5.28. The number of benzene rings is 1. The van der Waals surface area contributed by atoms with Crippen molar-refractivity contribution in [3.63, 3.8) is 0 Å². The molecule has 1 aromatic carbocycles. The van der Waals surface area contributed by atoms with Gasteiger partial charge < -0.3 is 14.8 Å². The molecule has 1 aliphatic rings. The number of pyridine rings is 1. The van der Waals surface area contributed by atoms with Gasteiger partial charge in [0.1, 0.15) is 11.8 Å². The fraction of sp³-hybridized carbons (Fsp3) is 0.192. The highest BCUT2D eigenvalue weighted by atomic mass is 32.1. The van der Waals surface area contributed by atoms with Crippen LogP contribution in [-0.2, 0) is 6.54 Å². The van der Waals surface area contributed by atoms with E-state index in [0.717, 1.165) is 24.4 Å². The molecule has 3 aromatic heterocycles. The molecule has 0 bridgehead atoms. The second kappa shape index (κ2) is 9.49. The molecule has 4 heterocycles. The Morgan fingerprint density at radius 2 is 2.09 bits per heavy atom. The lowest BCUT2D eigenvalue weighted by atomic mass is 10.1. The smallest absolute Gasteiger partial charge is 0.272 e. The van der Waals surface area contributed by atoms with E-state index in [1.54, 1.807) is 22.9 Å². The standard InChI is InChI=1S/C26H22FN5OS/c27-24-12-18(8-9-29-24)15-31-16-19(14-28)11-23(31)26(33)30-25-13-20(17-34-25)22-7-4-10-32(22)21-5-2-1-3-6-21/h1-3,5-6,8-9,11-13,16-17,22H,4,7,10,15H2,(H,30,33)/t22-/m1/s1. The van der Waals surface area contributed by atoms with Gasteiger partial charge in [-0.15, -0.1) is 11.3 Å². The molecule has 4 aromatic rings. The van der Waals surface area contributed by atoms with E-state index >= 15 is 0 Å². The number of amides is 1. The molecular weight excluding hydrogens is 449 g/mol. The highest BCUT2D eigenvalue weighted by Crippen LogP contribution is 2.38. The summed E-state index contributed by atoms with van der Waals surface area (Å²) in [4.78, 5) is 19.1. The van der Waals surface area contributed by atoms with Gasteiger partial charge in [0.25, 0.3) is 5.91 Å². The van der Waals surface area contributed by atoms with Gasteiger partial charge in [-0.2, -0.15) is 9.65 Å². The first kappa shape index (κ1) is 21.9. The lowest BCUT2D eigenvalue weighted by Crippen LogP contribution is -2.22. The molecule has 0 unspecified atom stereocenters. The van der Waals surface area contributed by atoms with Gasteiger partial charge in [-0.25, -0.2) is 4.98 Å². The number of anilines is 2. The third kappa shape index (κ3) is 4.56. The van der Waals surface area contributed by atoms with Gasteiger partial charge in [0.15, 0.2) is 0 Å². The third-order valence-electron chi connectivity index (χ3n) is 5.98. The maximum absolute atomic E-state index is 13.5. The average Bonchev–Trinajstić information content (AvgIpc) is 3.59. The van der Waals surface area contributed by atoms with E-state index in [0.29, 0.717) is 16.8 Å². The van der Waals surface area contributed by atoms with E-state index in [1.807, 2.05) is 12.1 Å². The van der Waals surface area contributed by atoms with Crippen molar-refractivity contribution in [1.29, 1.82) is 5.26 Å². The van der Waals surface area contributed by atoms with Gasteiger partial charge in [-0.1, -0.05) is 18.2 Å². The van der Waals surface area contributed by atoms with Crippen LogP contribution in [0.25, 0.3) is 0 Å².